The fraction of sp³-hybridized carbons (Fsp3) is 0.900. The van der Waals surface area contributed by atoms with Crippen molar-refractivity contribution >= 4 is 5.71 Å². The third-order valence-corrected chi connectivity index (χ3v) is 3.49. The van der Waals surface area contributed by atoms with E-state index in [0.717, 1.165) is 24.0 Å². The van der Waals surface area contributed by atoms with Gasteiger partial charge in [0.25, 0.3) is 0 Å². The molecule has 12 heavy (non-hydrogen) atoms. The first-order chi connectivity index (χ1) is 5.66. The highest BCUT2D eigenvalue weighted by molar-refractivity contribution is 5.84. The molecule has 1 N–H and O–H groups in total. The Balaban J connectivity index is 2.06. The van der Waals surface area contributed by atoms with E-state index in [9.17, 15) is 0 Å². The van der Waals surface area contributed by atoms with Crippen LogP contribution in [0.2, 0.25) is 0 Å². The number of fused-ring (bicyclic) bond motifs is 1. The molecule has 0 aromatic rings. The summed E-state index contributed by atoms with van der Waals surface area (Å²) in [6.45, 7) is 4.69. The van der Waals surface area contributed by atoms with Gasteiger partial charge in [0.2, 0.25) is 0 Å². The molecule has 0 aromatic heterocycles. The van der Waals surface area contributed by atoms with Gasteiger partial charge >= 0.3 is 0 Å². The number of hydrogen-bond acceptors (Lipinski definition) is 2. The van der Waals surface area contributed by atoms with E-state index in [2.05, 4.69) is 18.9 Å². The predicted molar refractivity (Wildman–Crippen MR) is 50.6 cm³/mol. The molecule has 1 aliphatic heterocycles. The standard InChI is InChI=1S/C10H18N2/c1-7-3-8-5-12(2)6-9(8)4-10(7)11/h7-9,11H,3-6H2,1-2H3/t7-,8?,9?/m1/s1. The minimum absolute atomic E-state index is 0.553. The predicted octanol–water partition coefficient (Wildman–Crippen LogP) is 1.61. The molecule has 3 atom stereocenters. The lowest BCUT2D eigenvalue weighted by atomic mass is 9.75. The Bertz CT molecular complexity index is 200. The number of nitrogens with zero attached hydrogens (tertiary/aromatic N) is 1. The first kappa shape index (κ1) is 8.24. The Morgan fingerprint density at radius 3 is 2.75 bits per heavy atom. The molecular weight excluding hydrogens is 148 g/mol. The van der Waals surface area contributed by atoms with Crippen LogP contribution >= 0.6 is 0 Å². The lowest BCUT2D eigenvalue weighted by molar-refractivity contribution is 0.338. The number of rotatable bonds is 0. The number of nitrogens with one attached hydrogen (secondary N) is 1. The van der Waals surface area contributed by atoms with Gasteiger partial charge in [-0.2, -0.15) is 0 Å². The zero-order valence-electron chi connectivity index (χ0n) is 8.01. The molecule has 68 valence electrons. The maximum atomic E-state index is 7.79. The van der Waals surface area contributed by atoms with E-state index in [0.29, 0.717) is 5.92 Å². The zero-order chi connectivity index (χ0) is 8.72. The van der Waals surface area contributed by atoms with E-state index in [4.69, 9.17) is 5.41 Å². The Labute approximate surface area is 74.5 Å². The molecule has 1 heterocycles. The Morgan fingerprint density at radius 1 is 1.33 bits per heavy atom. The van der Waals surface area contributed by atoms with Gasteiger partial charge in [-0.25, -0.2) is 0 Å². The smallest absolute Gasteiger partial charge is 0.0121 e. The highest BCUT2D eigenvalue weighted by Gasteiger charge is 2.37. The summed E-state index contributed by atoms with van der Waals surface area (Å²) >= 11 is 0. The Morgan fingerprint density at radius 2 is 2.00 bits per heavy atom. The maximum absolute atomic E-state index is 7.79. The van der Waals surface area contributed by atoms with Gasteiger partial charge in [-0.3, -0.25) is 0 Å². The summed E-state index contributed by atoms with van der Waals surface area (Å²) in [4.78, 5) is 2.42. The van der Waals surface area contributed by atoms with E-state index in [1.807, 2.05) is 0 Å². The molecule has 2 aliphatic rings. The van der Waals surface area contributed by atoms with Crippen LogP contribution in [0.15, 0.2) is 0 Å². The fourth-order valence-electron chi connectivity index (χ4n) is 2.75. The van der Waals surface area contributed by atoms with E-state index in [-0.39, 0.29) is 0 Å². The molecular formula is C10H18N2. The molecule has 0 spiro atoms. The maximum Gasteiger partial charge on any atom is 0.0121 e. The van der Waals surface area contributed by atoms with Gasteiger partial charge in [0, 0.05) is 18.8 Å². The molecule has 0 aromatic carbocycles. The van der Waals surface area contributed by atoms with Crippen LogP contribution in [0, 0.1) is 23.2 Å². The summed E-state index contributed by atoms with van der Waals surface area (Å²) < 4.78 is 0. The minimum atomic E-state index is 0.553. The van der Waals surface area contributed by atoms with Crippen molar-refractivity contribution in [2.45, 2.75) is 19.8 Å². The van der Waals surface area contributed by atoms with Gasteiger partial charge in [-0.05, 0) is 37.6 Å². The quantitative estimate of drug-likeness (QED) is 0.581. The Hall–Kier alpha value is -0.370. The number of likely N-dealkylation sites (tertiary alicyclic amines) is 1. The average Bonchev–Trinajstić information content (AvgIpc) is 2.30. The van der Waals surface area contributed by atoms with E-state index in [1.54, 1.807) is 0 Å². The van der Waals surface area contributed by atoms with Crippen molar-refractivity contribution in [1.29, 1.82) is 5.41 Å². The van der Waals surface area contributed by atoms with Crippen LogP contribution in [0.4, 0.5) is 0 Å². The summed E-state index contributed by atoms with van der Waals surface area (Å²) in [5.41, 5.74) is 0.992. The van der Waals surface area contributed by atoms with Crippen LogP contribution in [0.5, 0.6) is 0 Å². The van der Waals surface area contributed by atoms with Gasteiger partial charge in [0.05, 0.1) is 0 Å². The van der Waals surface area contributed by atoms with Gasteiger partial charge in [-0.1, -0.05) is 6.92 Å². The van der Waals surface area contributed by atoms with Gasteiger partial charge in [0.15, 0.2) is 0 Å². The molecule has 2 fully saturated rings. The fourth-order valence-corrected chi connectivity index (χ4v) is 2.75. The SMILES string of the molecule is C[C@@H]1CC2CN(C)CC2CC1=N. The van der Waals surface area contributed by atoms with Crippen LogP contribution in [-0.2, 0) is 0 Å². The molecule has 1 saturated heterocycles. The van der Waals surface area contributed by atoms with Crippen LogP contribution < -0.4 is 0 Å². The molecule has 2 nitrogen and oxygen atoms in total. The van der Waals surface area contributed by atoms with Crippen molar-refractivity contribution < 1.29 is 0 Å². The number of hydrogen-bond donors (Lipinski definition) is 1. The monoisotopic (exact) mass is 166 g/mol. The highest BCUT2D eigenvalue weighted by atomic mass is 15.1. The van der Waals surface area contributed by atoms with Crippen molar-refractivity contribution in [3.63, 3.8) is 0 Å². The molecule has 2 heteroatoms. The topological polar surface area (TPSA) is 27.1 Å². The third-order valence-electron chi connectivity index (χ3n) is 3.49. The second kappa shape index (κ2) is 2.84. The van der Waals surface area contributed by atoms with Crippen LogP contribution in [-0.4, -0.2) is 30.7 Å². The van der Waals surface area contributed by atoms with Gasteiger partial charge in [-0.15, -0.1) is 0 Å². The molecule has 0 amide bonds. The van der Waals surface area contributed by atoms with Crippen molar-refractivity contribution in [3.8, 4) is 0 Å². The second-order valence-corrected chi connectivity index (χ2v) is 4.61. The van der Waals surface area contributed by atoms with E-state index < -0.39 is 0 Å². The molecule has 0 radical (unpaired) electrons. The zero-order valence-corrected chi connectivity index (χ0v) is 8.01. The van der Waals surface area contributed by atoms with Crippen molar-refractivity contribution in [3.05, 3.63) is 0 Å². The first-order valence-electron chi connectivity index (χ1n) is 4.92. The molecule has 1 aliphatic carbocycles. The van der Waals surface area contributed by atoms with Crippen LogP contribution in [0.3, 0.4) is 0 Å². The second-order valence-electron chi connectivity index (χ2n) is 4.61. The lowest BCUT2D eigenvalue weighted by Crippen LogP contribution is -2.29. The van der Waals surface area contributed by atoms with Crippen LogP contribution in [0.25, 0.3) is 0 Å². The molecule has 0 bridgehead atoms. The van der Waals surface area contributed by atoms with Crippen molar-refractivity contribution in [2.24, 2.45) is 17.8 Å². The lowest BCUT2D eigenvalue weighted by Gasteiger charge is -2.29. The Kier molecular flexibility index (Phi) is 1.95. The molecule has 2 unspecified atom stereocenters. The van der Waals surface area contributed by atoms with Crippen LogP contribution in [0.1, 0.15) is 19.8 Å². The van der Waals surface area contributed by atoms with Crippen molar-refractivity contribution in [2.75, 3.05) is 20.1 Å². The largest absolute Gasteiger partial charge is 0.309 e. The van der Waals surface area contributed by atoms with Gasteiger partial charge in [0.1, 0.15) is 0 Å². The van der Waals surface area contributed by atoms with Crippen molar-refractivity contribution in [1.82, 2.24) is 4.90 Å². The highest BCUT2D eigenvalue weighted by Crippen LogP contribution is 2.36. The molecule has 1 saturated carbocycles. The summed E-state index contributed by atoms with van der Waals surface area (Å²) in [6, 6.07) is 0. The summed E-state index contributed by atoms with van der Waals surface area (Å²) in [5.74, 6) is 2.25. The molecule has 2 rings (SSSR count). The van der Waals surface area contributed by atoms with Gasteiger partial charge < -0.3 is 10.3 Å². The summed E-state index contributed by atoms with van der Waals surface area (Å²) in [6.07, 6.45) is 2.32. The normalized spacial score (nSPS) is 43.2. The van der Waals surface area contributed by atoms with E-state index in [1.165, 1.54) is 19.5 Å². The third kappa shape index (κ3) is 1.28. The summed E-state index contributed by atoms with van der Waals surface area (Å²) in [5, 5.41) is 7.79. The summed E-state index contributed by atoms with van der Waals surface area (Å²) in [7, 11) is 2.20. The first-order valence-corrected chi connectivity index (χ1v) is 4.92. The average molecular weight is 166 g/mol. The van der Waals surface area contributed by atoms with E-state index >= 15 is 0 Å². The minimum Gasteiger partial charge on any atom is -0.309 e.